The quantitative estimate of drug-likeness (QED) is 0.825. The molecule has 2 amide bonds. The van der Waals surface area contributed by atoms with Gasteiger partial charge in [-0.05, 0) is 18.2 Å². The second-order valence-corrected chi connectivity index (χ2v) is 3.37. The molecule has 80 valence electrons. The van der Waals surface area contributed by atoms with Gasteiger partial charge in [-0.2, -0.15) is 0 Å². The number of hydrogen-bond donors (Lipinski definition) is 2. The normalized spacial score (nSPS) is 9.73. The summed E-state index contributed by atoms with van der Waals surface area (Å²) in [6.45, 7) is 1.74. The maximum atomic E-state index is 11.1. The van der Waals surface area contributed by atoms with Crippen molar-refractivity contribution in [3.8, 4) is 0 Å². The maximum Gasteiger partial charge on any atom is 0.250 e. The molecule has 4 nitrogen and oxygen atoms in total. The highest BCUT2D eigenvalue weighted by molar-refractivity contribution is 6.34. The molecule has 0 fully saturated rings. The Morgan fingerprint density at radius 2 is 2.13 bits per heavy atom. The van der Waals surface area contributed by atoms with Crippen LogP contribution in [-0.4, -0.2) is 11.8 Å². The van der Waals surface area contributed by atoms with Crippen LogP contribution >= 0.6 is 11.6 Å². The molecule has 0 aliphatic heterocycles. The minimum atomic E-state index is -0.589. The number of hydrogen-bond acceptors (Lipinski definition) is 2. The van der Waals surface area contributed by atoms with Crippen molar-refractivity contribution in [2.45, 2.75) is 13.3 Å². The summed E-state index contributed by atoms with van der Waals surface area (Å²) in [5.74, 6) is -0.703. The van der Waals surface area contributed by atoms with Crippen LogP contribution in [-0.2, 0) is 4.79 Å². The SMILES string of the molecule is CCC(=O)Nc1ccc(C(N)=O)c(Cl)c1. The number of primary amides is 1. The van der Waals surface area contributed by atoms with Crippen LogP contribution in [0.25, 0.3) is 0 Å². The van der Waals surface area contributed by atoms with E-state index >= 15 is 0 Å². The van der Waals surface area contributed by atoms with Crippen molar-refractivity contribution in [2.75, 3.05) is 5.32 Å². The van der Waals surface area contributed by atoms with Gasteiger partial charge in [0.15, 0.2) is 0 Å². The van der Waals surface area contributed by atoms with Crippen molar-refractivity contribution in [1.82, 2.24) is 0 Å². The lowest BCUT2D eigenvalue weighted by molar-refractivity contribution is -0.115. The first-order chi connectivity index (χ1) is 7.04. The van der Waals surface area contributed by atoms with E-state index in [9.17, 15) is 9.59 Å². The molecule has 0 atom stereocenters. The fourth-order valence-electron chi connectivity index (χ4n) is 1.04. The van der Waals surface area contributed by atoms with Crippen LogP contribution < -0.4 is 11.1 Å². The van der Waals surface area contributed by atoms with Crippen molar-refractivity contribution in [2.24, 2.45) is 5.73 Å². The number of amides is 2. The Morgan fingerprint density at radius 1 is 1.47 bits per heavy atom. The summed E-state index contributed by atoms with van der Waals surface area (Å²) in [4.78, 5) is 21.9. The molecule has 3 N–H and O–H groups in total. The van der Waals surface area contributed by atoms with Crippen molar-refractivity contribution >= 4 is 29.1 Å². The Kier molecular flexibility index (Phi) is 3.68. The first kappa shape index (κ1) is 11.5. The average Bonchev–Trinajstić information content (AvgIpc) is 2.17. The van der Waals surface area contributed by atoms with Gasteiger partial charge in [-0.1, -0.05) is 18.5 Å². The Hall–Kier alpha value is -1.55. The summed E-state index contributed by atoms with van der Waals surface area (Å²) in [7, 11) is 0. The van der Waals surface area contributed by atoms with Crippen molar-refractivity contribution in [3.05, 3.63) is 28.8 Å². The fraction of sp³-hybridized carbons (Fsp3) is 0.200. The van der Waals surface area contributed by atoms with Crippen LogP contribution in [0.2, 0.25) is 5.02 Å². The van der Waals surface area contributed by atoms with Gasteiger partial charge in [-0.3, -0.25) is 9.59 Å². The number of halogens is 1. The first-order valence-corrected chi connectivity index (χ1v) is 4.81. The van der Waals surface area contributed by atoms with Crippen LogP contribution in [0.4, 0.5) is 5.69 Å². The monoisotopic (exact) mass is 226 g/mol. The van der Waals surface area contributed by atoms with E-state index in [-0.39, 0.29) is 16.5 Å². The van der Waals surface area contributed by atoms with E-state index in [4.69, 9.17) is 17.3 Å². The summed E-state index contributed by atoms with van der Waals surface area (Å²) in [5, 5.41) is 2.86. The third kappa shape index (κ3) is 2.95. The highest BCUT2D eigenvalue weighted by Gasteiger charge is 2.07. The Morgan fingerprint density at radius 3 is 2.60 bits per heavy atom. The van der Waals surface area contributed by atoms with Crippen LogP contribution in [0.1, 0.15) is 23.7 Å². The largest absolute Gasteiger partial charge is 0.366 e. The van der Waals surface area contributed by atoms with Gasteiger partial charge < -0.3 is 11.1 Å². The molecular weight excluding hydrogens is 216 g/mol. The van der Waals surface area contributed by atoms with Crippen LogP contribution in [0.15, 0.2) is 18.2 Å². The Labute approximate surface area is 92.4 Å². The van der Waals surface area contributed by atoms with E-state index in [2.05, 4.69) is 5.32 Å². The second-order valence-electron chi connectivity index (χ2n) is 2.96. The van der Waals surface area contributed by atoms with Gasteiger partial charge in [-0.15, -0.1) is 0 Å². The third-order valence-electron chi connectivity index (χ3n) is 1.84. The summed E-state index contributed by atoms with van der Waals surface area (Å²) in [5.41, 5.74) is 5.88. The molecule has 1 aromatic carbocycles. The lowest BCUT2D eigenvalue weighted by Crippen LogP contribution is -2.13. The highest BCUT2D eigenvalue weighted by Crippen LogP contribution is 2.20. The van der Waals surface area contributed by atoms with Crippen molar-refractivity contribution in [1.29, 1.82) is 0 Å². The van der Waals surface area contributed by atoms with Gasteiger partial charge in [0.05, 0.1) is 10.6 Å². The van der Waals surface area contributed by atoms with Gasteiger partial charge >= 0.3 is 0 Å². The fourth-order valence-corrected chi connectivity index (χ4v) is 1.32. The summed E-state index contributed by atoms with van der Waals surface area (Å²) >= 11 is 5.80. The zero-order valence-corrected chi connectivity index (χ0v) is 8.97. The molecule has 1 aromatic rings. The first-order valence-electron chi connectivity index (χ1n) is 4.43. The molecule has 1 rings (SSSR count). The predicted octanol–water partition coefficient (Wildman–Crippen LogP) is 1.79. The maximum absolute atomic E-state index is 11.1. The second kappa shape index (κ2) is 4.79. The Balaban J connectivity index is 2.91. The molecule has 0 aliphatic rings. The van der Waals surface area contributed by atoms with Crippen LogP contribution in [0, 0.1) is 0 Å². The molecule has 0 aromatic heterocycles. The highest BCUT2D eigenvalue weighted by atomic mass is 35.5. The van der Waals surface area contributed by atoms with Gasteiger partial charge in [0, 0.05) is 12.1 Å². The summed E-state index contributed by atoms with van der Waals surface area (Å²) < 4.78 is 0. The number of carbonyl (C=O) groups excluding carboxylic acids is 2. The molecule has 0 unspecified atom stereocenters. The number of nitrogens with two attached hydrogens (primary N) is 1. The smallest absolute Gasteiger partial charge is 0.250 e. The molecule has 15 heavy (non-hydrogen) atoms. The molecule has 0 bridgehead atoms. The number of nitrogens with one attached hydrogen (secondary N) is 1. The van der Waals surface area contributed by atoms with E-state index in [1.807, 2.05) is 0 Å². The lowest BCUT2D eigenvalue weighted by atomic mass is 10.2. The zero-order valence-electron chi connectivity index (χ0n) is 8.21. The van der Waals surface area contributed by atoms with Gasteiger partial charge in [-0.25, -0.2) is 0 Å². The predicted molar refractivity (Wildman–Crippen MR) is 58.9 cm³/mol. The summed E-state index contributed by atoms with van der Waals surface area (Å²) in [6.07, 6.45) is 0.384. The van der Waals surface area contributed by atoms with E-state index in [1.54, 1.807) is 13.0 Å². The number of rotatable bonds is 3. The van der Waals surface area contributed by atoms with E-state index < -0.39 is 5.91 Å². The minimum absolute atomic E-state index is 0.113. The molecule has 0 heterocycles. The van der Waals surface area contributed by atoms with Gasteiger partial charge in [0.1, 0.15) is 0 Å². The van der Waals surface area contributed by atoms with Gasteiger partial charge in [0.25, 0.3) is 0 Å². The standard InChI is InChI=1S/C10H11ClN2O2/c1-2-9(14)13-6-3-4-7(10(12)15)8(11)5-6/h3-5H,2H2,1H3,(H2,12,15)(H,13,14). The van der Waals surface area contributed by atoms with Gasteiger partial charge in [0.2, 0.25) is 11.8 Å². The van der Waals surface area contributed by atoms with Crippen LogP contribution in [0.3, 0.4) is 0 Å². The number of anilines is 1. The van der Waals surface area contributed by atoms with Crippen LogP contribution in [0.5, 0.6) is 0 Å². The molecular formula is C10H11ClN2O2. The zero-order chi connectivity index (χ0) is 11.4. The summed E-state index contributed by atoms with van der Waals surface area (Å²) in [6, 6.07) is 4.56. The molecule has 0 saturated heterocycles. The van der Waals surface area contributed by atoms with Crippen molar-refractivity contribution < 1.29 is 9.59 Å². The molecule has 0 saturated carbocycles. The molecule has 0 radical (unpaired) electrons. The molecule has 0 spiro atoms. The van der Waals surface area contributed by atoms with Crippen molar-refractivity contribution in [3.63, 3.8) is 0 Å². The number of benzene rings is 1. The molecule has 0 aliphatic carbocycles. The van der Waals surface area contributed by atoms with E-state index in [0.717, 1.165) is 0 Å². The van der Waals surface area contributed by atoms with E-state index in [0.29, 0.717) is 12.1 Å². The average molecular weight is 227 g/mol. The number of carbonyl (C=O) groups is 2. The van der Waals surface area contributed by atoms with E-state index in [1.165, 1.54) is 12.1 Å². The lowest BCUT2D eigenvalue weighted by Gasteiger charge is -2.05. The molecule has 5 heteroatoms. The topological polar surface area (TPSA) is 72.2 Å². The minimum Gasteiger partial charge on any atom is -0.366 e. The third-order valence-corrected chi connectivity index (χ3v) is 2.15. The Bertz CT molecular complexity index is 404.